The van der Waals surface area contributed by atoms with Gasteiger partial charge >= 0.3 is 0 Å². The Hall–Kier alpha value is -2.34. The van der Waals surface area contributed by atoms with Crippen LogP contribution in [-0.2, 0) is 9.59 Å². The third-order valence-electron chi connectivity index (χ3n) is 3.21. The predicted octanol–water partition coefficient (Wildman–Crippen LogP) is 4.24. The molecule has 0 radical (unpaired) electrons. The lowest BCUT2D eigenvalue weighted by atomic mass is 10.2. The van der Waals surface area contributed by atoms with Crippen molar-refractivity contribution in [1.29, 1.82) is 0 Å². The maximum Gasteiger partial charge on any atom is 0.243 e. The number of rotatable bonds is 7. The van der Waals surface area contributed by atoms with E-state index in [4.69, 9.17) is 0 Å². The van der Waals surface area contributed by atoms with Crippen molar-refractivity contribution in [3.63, 3.8) is 0 Å². The molecule has 6 heteroatoms. The summed E-state index contributed by atoms with van der Waals surface area (Å²) in [6, 6.07) is 14.7. The summed E-state index contributed by atoms with van der Waals surface area (Å²) in [5, 5.41) is 8.67. The van der Waals surface area contributed by atoms with Crippen molar-refractivity contribution in [2.24, 2.45) is 0 Å². The Balaban J connectivity index is 1.82. The van der Waals surface area contributed by atoms with E-state index in [1.54, 1.807) is 24.3 Å². The zero-order chi connectivity index (χ0) is 17.4. The van der Waals surface area contributed by atoms with Crippen LogP contribution in [0.3, 0.4) is 0 Å². The van der Waals surface area contributed by atoms with Gasteiger partial charge in [0, 0.05) is 28.0 Å². The molecule has 0 heterocycles. The van der Waals surface area contributed by atoms with Crippen LogP contribution < -0.4 is 16.0 Å². The number of carbonyl (C=O) groups is 2. The molecule has 0 aromatic heterocycles. The molecule has 0 saturated heterocycles. The molecule has 0 aliphatic rings. The first-order valence-corrected chi connectivity index (χ1v) is 8.55. The number of benzene rings is 2. The normalized spacial score (nSPS) is 10.1. The van der Waals surface area contributed by atoms with Gasteiger partial charge in [0.15, 0.2) is 0 Å². The van der Waals surface area contributed by atoms with Crippen molar-refractivity contribution in [1.82, 2.24) is 0 Å². The van der Waals surface area contributed by atoms with Gasteiger partial charge in [0.2, 0.25) is 11.8 Å². The molecule has 2 aromatic carbocycles. The molecule has 126 valence electrons. The Morgan fingerprint density at radius 2 is 1.54 bits per heavy atom. The second kappa shape index (κ2) is 9.08. The molecule has 5 nitrogen and oxygen atoms in total. The molecule has 3 N–H and O–H groups in total. The summed E-state index contributed by atoms with van der Waals surface area (Å²) in [7, 11) is 0. The largest absolute Gasteiger partial charge is 0.376 e. The van der Waals surface area contributed by atoms with Crippen LogP contribution in [0.1, 0.15) is 19.8 Å². The number of anilines is 3. The third kappa shape index (κ3) is 6.04. The van der Waals surface area contributed by atoms with Gasteiger partial charge in [0.1, 0.15) is 0 Å². The summed E-state index contributed by atoms with van der Waals surface area (Å²) >= 11 is 3.39. The van der Waals surface area contributed by atoms with Crippen LogP contribution in [0, 0.1) is 0 Å². The van der Waals surface area contributed by atoms with Crippen LogP contribution in [0.25, 0.3) is 0 Å². The zero-order valence-corrected chi connectivity index (χ0v) is 15.0. The SMILES string of the molecule is CCCC(=O)Nc1ccc(NC(=O)CNc2cccc(Br)c2)cc1. The number of nitrogens with one attached hydrogen (secondary N) is 3. The van der Waals surface area contributed by atoms with Crippen molar-refractivity contribution in [3.05, 3.63) is 53.0 Å². The molecule has 24 heavy (non-hydrogen) atoms. The number of hydrogen-bond donors (Lipinski definition) is 3. The molecule has 0 aliphatic heterocycles. The fraction of sp³-hybridized carbons (Fsp3) is 0.222. The van der Waals surface area contributed by atoms with Crippen LogP contribution in [0.4, 0.5) is 17.1 Å². The molecule has 2 amide bonds. The van der Waals surface area contributed by atoms with Gasteiger partial charge in [-0.25, -0.2) is 0 Å². The van der Waals surface area contributed by atoms with E-state index >= 15 is 0 Å². The highest BCUT2D eigenvalue weighted by atomic mass is 79.9. The Bertz CT molecular complexity index is 702. The van der Waals surface area contributed by atoms with Crippen molar-refractivity contribution in [3.8, 4) is 0 Å². The van der Waals surface area contributed by atoms with E-state index in [2.05, 4.69) is 31.9 Å². The molecular formula is C18H20BrN3O2. The van der Waals surface area contributed by atoms with Gasteiger partial charge in [-0.1, -0.05) is 28.9 Å². The van der Waals surface area contributed by atoms with Crippen LogP contribution in [-0.4, -0.2) is 18.4 Å². The molecule has 2 rings (SSSR count). The van der Waals surface area contributed by atoms with Gasteiger partial charge in [-0.2, -0.15) is 0 Å². The van der Waals surface area contributed by atoms with Gasteiger partial charge in [0.25, 0.3) is 0 Å². The van der Waals surface area contributed by atoms with E-state index in [1.807, 2.05) is 31.2 Å². The molecule has 0 saturated carbocycles. The summed E-state index contributed by atoms with van der Waals surface area (Å²) in [5.41, 5.74) is 2.27. The monoisotopic (exact) mass is 389 g/mol. The molecule has 0 aliphatic carbocycles. The summed E-state index contributed by atoms with van der Waals surface area (Å²) in [5.74, 6) is -0.148. The number of hydrogen-bond acceptors (Lipinski definition) is 3. The lowest BCUT2D eigenvalue weighted by Crippen LogP contribution is -2.21. The zero-order valence-electron chi connectivity index (χ0n) is 13.4. The summed E-state index contributed by atoms with van der Waals surface area (Å²) < 4.78 is 0.952. The second-order valence-electron chi connectivity index (χ2n) is 5.29. The van der Waals surface area contributed by atoms with Crippen molar-refractivity contribution in [2.45, 2.75) is 19.8 Å². The summed E-state index contributed by atoms with van der Waals surface area (Å²) in [4.78, 5) is 23.5. The average Bonchev–Trinajstić information content (AvgIpc) is 2.55. The standard InChI is InChI=1S/C18H20BrN3O2/c1-2-4-17(23)21-14-7-9-15(10-8-14)22-18(24)12-20-16-6-3-5-13(19)11-16/h3,5-11,20H,2,4,12H2,1H3,(H,21,23)(H,22,24). The fourth-order valence-corrected chi connectivity index (χ4v) is 2.47. The molecule has 0 unspecified atom stereocenters. The Kier molecular flexibility index (Phi) is 6.81. The first-order valence-electron chi connectivity index (χ1n) is 7.76. The van der Waals surface area contributed by atoms with Crippen LogP contribution >= 0.6 is 15.9 Å². The van der Waals surface area contributed by atoms with Crippen LogP contribution in [0.2, 0.25) is 0 Å². The van der Waals surface area contributed by atoms with Crippen LogP contribution in [0.5, 0.6) is 0 Å². The topological polar surface area (TPSA) is 70.2 Å². The fourth-order valence-electron chi connectivity index (χ4n) is 2.07. The smallest absolute Gasteiger partial charge is 0.243 e. The molecule has 2 aromatic rings. The maximum absolute atomic E-state index is 12.0. The highest BCUT2D eigenvalue weighted by Crippen LogP contribution is 2.16. The number of halogens is 1. The summed E-state index contributed by atoms with van der Waals surface area (Å²) in [6.07, 6.45) is 1.31. The highest BCUT2D eigenvalue weighted by Gasteiger charge is 2.04. The van der Waals surface area contributed by atoms with Gasteiger partial charge in [-0.05, 0) is 48.9 Å². The molecule has 0 bridgehead atoms. The van der Waals surface area contributed by atoms with E-state index < -0.39 is 0 Å². The third-order valence-corrected chi connectivity index (χ3v) is 3.70. The Morgan fingerprint density at radius 1 is 0.917 bits per heavy atom. The number of amides is 2. The molecule has 0 atom stereocenters. The average molecular weight is 390 g/mol. The Morgan fingerprint density at radius 3 is 2.12 bits per heavy atom. The molecule has 0 fully saturated rings. The maximum atomic E-state index is 12.0. The minimum Gasteiger partial charge on any atom is -0.376 e. The van der Waals surface area contributed by atoms with E-state index in [0.717, 1.165) is 22.3 Å². The lowest BCUT2D eigenvalue weighted by molar-refractivity contribution is -0.116. The first kappa shape index (κ1) is 18.0. The van der Waals surface area contributed by atoms with Crippen LogP contribution in [0.15, 0.2) is 53.0 Å². The lowest BCUT2D eigenvalue weighted by Gasteiger charge is -2.09. The molecule has 0 spiro atoms. The van der Waals surface area contributed by atoms with Crippen molar-refractivity contribution in [2.75, 3.05) is 22.5 Å². The second-order valence-corrected chi connectivity index (χ2v) is 6.20. The van der Waals surface area contributed by atoms with Gasteiger partial charge in [0.05, 0.1) is 6.54 Å². The summed E-state index contributed by atoms with van der Waals surface area (Å²) in [6.45, 7) is 2.13. The van der Waals surface area contributed by atoms with Crippen molar-refractivity contribution >= 4 is 44.8 Å². The van der Waals surface area contributed by atoms with Crippen molar-refractivity contribution < 1.29 is 9.59 Å². The first-order chi connectivity index (χ1) is 11.6. The molecular weight excluding hydrogens is 370 g/mol. The van der Waals surface area contributed by atoms with Gasteiger partial charge in [-0.15, -0.1) is 0 Å². The quantitative estimate of drug-likeness (QED) is 0.663. The van der Waals surface area contributed by atoms with E-state index in [9.17, 15) is 9.59 Å². The van der Waals surface area contributed by atoms with E-state index in [0.29, 0.717) is 12.1 Å². The Labute approximate surface area is 150 Å². The van der Waals surface area contributed by atoms with Gasteiger partial charge < -0.3 is 16.0 Å². The predicted molar refractivity (Wildman–Crippen MR) is 101 cm³/mol. The minimum absolute atomic E-state index is 0.00694. The van der Waals surface area contributed by atoms with E-state index in [-0.39, 0.29) is 18.4 Å². The highest BCUT2D eigenvalue weighted by molar-refractivity contribution is 9.10. The minimum atomic E-state index is -0.141. The van der Waals surface area contributed by atoms with Gasteiger partial charge in [-0.3, -0.25) is 9.59 Å². The number of carbonyl (C=O) groups excluding carboxylic acids is 2. The van der Waals surface area contributed by atoms with E-state index in [1.165, 1.54) is 0 Å².